The molecule has 2 aromatic rings. The number of nitrogens with one attached hydrogen (secondary N) is 1. The van der Waals surface area contributed by atoms with Gasteiger partial charge in [-0.1, -0.05) is 12.1 Å². The highest BCUT2D eigenvalue weighted by molar-refractivity contribution is 5.96. The lowest BCUT2D eigenvalue weighted by Gasteiger charge is -2.16. The van der Waals surface area contributed by atoms with Crippen LogP contribution in [-0.4, -0.2) is 30.3 Å². The van der Waals surface area contributed by atoms with Crippen LogP contribution in [0.1, 0.15) is 21.5 Å². The molecule has 0 atom stereocenters. The van der Waals surface area contributed by atoms with E-state index in [-0.39, 0.29) is 18.0 Å². The Kier molecular flexibility index (Phi) is 5.69. The van der Waals surface area contributed by atoms with Crippen LogP contribution in [0.3, 0.4) is 0 Å². The Balaban J connectivity index is 2.08. The Morgan fingerprint density at radius 2 is 2.04 bits per heavy atom. The van der Waals surface area contributed by atoms with E-state index >= 15 is 0 Å². The number of nitrogens with zero attached hydrogens (tertiary/aromatic N) is 2. The molecule has 0 aliphatic carbocycles. The Labute approximate surface area is 144 Å². The van der Waals surface area contributed by atoms with Crippen LogP contribution in [-0.2, 0) is 11.3 Å². The number of hydrogen-bond donors (Lipinski definition) is 2. The molecule has 0 heterocycles. The van der Waals surface area contributed by atoms with E-state index in [4.69, 9.17) is 11.0 Å². The summed E-state index contributed by atoms with van der Waals surface area (Å²) in [5.41, 5.74) is 6.90. The van der Waals surface area contributed by atoms with Crippen molar-refractivity contribution >= 4 is 17.5 Å². The molecule has 0 radical (unpaired) electrons. The fourth-order valence-corrected chi connectivity index (χ4v) is 2.26. The molecule has 0 aliphatic heterocycles. The second-order valence-corrected chi connectivity index (χ2v) is 5.49. The van der Waals surface area contributed by atoms with Gasteiger partial charge in [-0.05, 0) is 35.9 Å². The van der Waals surface area contributed by atoms with E-state index in [1.165, 1.54) is 24.1 Å². The van der Waals surface area contributed by atoms with Gasteiger partial charge in [-0.2, -0.15) is 5.26 Å². The molecular formula is C18H17FN4O2. The van der Waals surface area contributed by atoms with Crippen molar-refractivity contribution in [2.45, 2.75) is 6.54 Å². The highest BCUT2D eigenvalue weighted by atomic mass is 19.1. The van der Waals surface area contributed by atoms with Crippen molar-refractivity contribution in [3.05, 3.63) is 65.0 Å². The number of primary amides is 1. The van der Waals surface area contributed by atoms with Crippen molar-refractivity contribution in [2.75, 3.05) is 18.9 Å². The number of rotatable bonds is 6. The maximum Gasteiger partial charge on any atom is 0.254 e. The molecule has 6 nitrogen and oxygen atoms in total. The Hall–Kier alpha value is -3.40. The summed E-state index contributed by atoms with van der Waals surface area (Å²) in [6.45, 7) is 0.201. The zero-order chi connectivity index (χ0) is 18.4. The third-order valence-corrected chi connectivity index (χ3v) is 3.50. The van der Waals surface area contributed by atoms with Crippen LogP contribution < -0.4 is 11.1 Å². The third-order valence-electron chi connectivity index (χ3n) is 3.50. The van der Waals surface area contributed by atoms with Gasteiger partial charge in [-0.25, -0.2) is 4.39 Å². The van der Waals surface area contributed by atoms with Gasteiger partial charge in [0.2, 0.25) is 5.91 Å². The van der Waals surface area contributed by atoms with Gasteiger partial charge in [-0.3, -0.25) is 9.59 Å². The first kappa shape index (κ1) is 17.9. The van der Waals surface area contributed by atoms with Gasteiger partial charge >= 0.3 is 0 Å². The van der Waals surface area contributed by atoms with Crippen molar-refractivity contribution in [2.24, 2.45) is 5.73 Å². The lowest BCUT2D eigenvalue weighted by molar-refractivity contribution is -0.118. The zero-order valence-electron chi connectivity index (χ0n) is 13.6. The normalized spacial score (nSPS) is 9.96. The lowest BCUT2D eigenvalue weighted by Crippen LogP contribution is -2.35. The second kappa shape index (κ2) is 7.93. The molecule has 0 saturated heterocycles. The average molecular weight is 340 g/mol. The quantitative estimate of drug-likeness (QED) is 0.838. The SMILES string of the molecule is CN(CC(N)=O)C(=O)c1cccc(NCc2ccc(F)c(C#N)c2)c1. The maximum absolute atomic E-state index is 13.3. The van der Waals surface area contributed by atoms with Crippen LogP contribution in [0.25, 0.3) is 0 Å². The molecule has 0 unspecified atom stereocenters. The molecule has 0 fully saturated rings. The summed E-state index contributed by atoms with van der Waals surface area (Å²) in [5, 5.41) is 12.0. The van der Waals surface area contributed by atoms with Crippen LogP contribution in [0.15, 0.2) is 42.5 Å². The van der Waals surface area contributed by atoms with Gasteiger partial charge in [-0.15, -0.1) is 0 Å². The van der Waals surface area contributed by atoms with Crippen molar-refractivity contribution in [3.63, 3.8) is 0 Å². The van der Waals surface area contributed by atoms with Crippen LogP contribution >= 0.6 is 0 Å². The minimum Gasteiger partial charge on any atom is -0.381 e. The van der Waals surface area contributed by atoms with Crippen LogP contribution in [0.4, 0.5) is 10.1 Å². The molecule has 0 saturated carbocycles. The number of carbonyl (C=O) groups excluding carboxylic acids is 2. The first-order valence-electron chi connectivity index (χ1n) is 7.47. The van der Waals surface area contributed by atoms with E-state index in [9.17, 15) is 14.0 Å². The predicted molar refractivity (Wildman–Crippen MR) is 91.0 cm³/mol. The zero-order valence-corrected chi connectivity index (χ0v) is 13.6. The summed E-state index contributed by atoms with van der Waals surface area (Å²) in [4.78, 5) is 24.4. The number of hydrogen-bond acceptors (Lipinski definition) is 4. The van der Waals surface area contributed by atoms with E-state index < -0.39 is 11.7 Å². The summed E-state index contributed by atoms with van der Waals surface area (Å²) in [7, 11) is 1.50. The molecule has 0 aromatic heterocycles. The van der Waals surface area contributed by atoms with E-state index in [1.807, 2.05) is 0 Å². The van der Waals surface area contributed by atoms with Crippen LogP contribution in [0.2, 0.25) is 0 Å². The molecule has 2 aromatic carbocycles. The van der Waals surface area contributed by atoms with Gasteiger partial charge in [0.1, 0.15) is 11.9 Å². The number of halogens is 1. The average Bonchev–Trinajstić information content (AvgIpc) is 2.60. The molecule has 3 N–H and O–H groups in total. The summed E-state index contributed by atoms with van der Waals surface area (Å²) in [5.74, 6) is -1.47. The molecular weight excluding hydrogens is 323 g/mol. The summed E-state index contributed by atoms with van der Waals surface area (Å²) < 4.78 is 13.3. The molecule has 0 spiro atoms. The van der Waals surface area contributed by atoms with Crippen molar-refractivity contribution in [1.29, 1.82) is 5.26 Å². The van der Waals surface area contributed by atoms with E-state index in [1.54, 1.807) is 36.4 Å². The Morgan fingerprint density at radius 1 is 1.28 bits per heavy atom. The Morgan fingerprint density at radius 3 is 2.72 bits per heavy atom. The number of amides is 2. The van der Waals surface area contributed by atoms with Gasteiger partial charge in [0.15, 0.2) is 0 Å². The summed E-state index contributed by atoms with van der Waals surface area (Å²) >= 11 is 0. The van der Waals surface area contributed by atoms with Crippen molar-refractivity contribution in [1.82, 2.24) is 4.90 Å². The van der Waals surface area contributed by atoms with Gasteiger partial charge in [0.05, 0.1) is 12.1 Å². The fraction of sp³-hybridized carbons (Fsp3) is 0.167. The van der Waals surface area contributed by atoms with Crippen molar-refractivity contribution in [3.8, 4) is 6.07 Å². The maximum atomic E-state index is 13.3. The number of anilines is 1. The molecule has 7 heteroatoms. The number of carbonyl (C=O) groups is 2. The predicted octanol–water partition coefficient (Wildman–Crippen LogP) is 1.87. The third kappa shape index (κ3) is 4.78. The summed E-state index contributed by atoms with van der Waals surface area (Å²) in [6, 6.07) is 12.9. The highest BCUT2D eigenvalue weighted by Crippen LogP contribution is 2.15. The summed E-state index contributed by atoms with van der Waals surface area (Å²) in [6.07, 6.45) is 0. The highest BCUT2D eigenvalue weighted by Gasteiger charge is 2.13. The number of likely N-dealkylation sites (N-methyl/N-ethyl adjacent to an activating group) is 1. The largest absolute Gasteiger partial charge is 0.381 e. The molecule has 0 bridgehead atoms. The minimum absolute atomic E-state index is 0.0173. The van der Waals surface area contributed by atoms with E-state index in [2.05, 4.69) is 5.32 Å². The molecule has 2 amide bonds. The second-order valence-electron chi connectivity index (χ2n) is 5.49. The smallest absolute Gasteiger partial charge is 0.254 e. The first-order valence-corrected chi connectivity index (χ1v) is 7.47. The monoisotopic (exact) mass is 340 g/mol. The topological polar surface area (TPSA) is 99.2 Å². The molecule has 128 valence electrons. The number of benzene rings is 2. The molecule has 2 rings (SSSR count). The fourth-order valence-electron chi connectivity index (χ4n) is 2.26. The number of nitriles is 1. The number of nitrogens with two attached hydrogens (primary N) is 1. The lowest BCUT2D eigenvalue weighted by atomic mass is 10.1. The van der Waals surface area contributed by atoms with E-state index in [0.717, 1.165) is 5.56 Å². The standard InChI is InChI=1S/C18H17FN4O2/c1-23(11-17(21)24)18(25)13-3-2-4-15(8-13)22-10-12-5-6-16(19)14(7-12)9-20/h2-8,22H,10-11H2,1H3,(H2,21,24). The van der Waals surface area contributed by atoms with Crippen LogP contribution in [0, 0.1) is 17.1 Å². The van der Waals surface area contributed by atoms with Gasteiger partial charge in [0, 0.05) is 24.8 Å². The van der Waals surface area contributed by atoms with Gasteiger partial charge in [0.25, 0.3) is 5.91 Å². The Bertz CT molecular complexity index is 845. The first-order chi connectivity index (χ1) is 11.9. The molecule has 25 heavy (non-hydrogen) atoms. The minimum atomic E-state index is -0.588. The van der Waals surface area contributed by atoms with Gasteiger partial charge < -0.3 is 16.0 Å². The van der Waals surface area contributed by atoms with Crippen molar-refractivity contribution < 1.29 is 14.0 Å². The van der Waals surface area contributed by atoms with Crippen LogP contribution in [0.5, 0.6) is 0 Å². The molecule has 0 aliphatic rings. The van der Waals surface area contributed by atoms with E-state index in [0.29, 0.717) is 17.8 Å².